The second-order valence-electron chi connectivity index (χ2n) is 4.12. The fourth-order valence-electron chi connectivity index (χ4n) is 1.97. The van der Waals surface area contributed by atoms with Gasteiger partial charge in [-0.2, -0.15) is 0 Å². The molecule has 0 unspecified atom stereocenters. The summed E-state index contributed by atoms with van der Waals surface area (Å²) in [5, 5.41) is 5.21. The first kappa shape index (κ1) is 11.2. The molecule has 0 saturated carbocycles. The fourth-order valence-corrected chi connectivity index (χ4v) is 2.16. The monoisotopic (exact) mass is 257 g/mol. The lowest BCUT2D eigenvalue weighted by Gasteiger charge is -2.05. The molecule has 0 amide bonds. The molecule has 0 aliphatic carbocycles. The Labute approximate surface area is 110 Å². The third-order valence-corrected chi connectivity index (χ3v) is 3.10. The minimum atomic E-state index is 0.720. The molecule has 2 aromatic carbocycles. The maximum atomic E-state index is 5.94. The van der Waals surface area contributed by atoms with Gasteiger partial charge in [-0.05, 0) is 24.3 Å². The van der Waals surface area contributed by atoms with E-state index in [4.69, 9.17) is 16.0 Å². The van der Waals surface area contributed by atoms with Gasteiger partial charge in [-0.1, -0.05) is 35.9 Å². The Balaban J connectivity index is 1.81. The van der Waals surface area contributed by atoms with E-state index in [-0.39, 0.29) is 0 Å². The quantitative estimate of drug-likeness (QED) is 0.736. The third kappa shape index (κ3) is 2.20. The van der Waals surface area contributed by atoms with Gasteiger partial charge >= 0.3 is 0 Å². The van der Waals surface area contributed by atoms with Crippen LogP contribution in [-0.2, 0) is 6.54 Å². The highest BCUT2D eigenvalue weighted by atomic mass is 35.5. The number of benzene rings is 2. The van der Waals surface area contributed by atoms with Crippen LogP contribution in [0, 0.1) is 0 Å². The lowest BCUT2D eigenvalue weighted by Crippen LogP contribution is -1.98. The Hall–Kier alpha value is -1.93. The van der Waals surface area contributed by atoms with Gasteiger partial charge in [0.2, 0.25) is 0 Å². The van der Waals surface area contributed by atoms with E-state index < -0.39 is 0 Å². The van der Waals surface area contributed by atoms with Crippen LogP contribution in [0.4, 0.5) is 5.69 Å². The zero-order chi connectivity index (χ0) is 12.4. The average Bonchev–Trinajstić information content (AvgIpc) is 2.80. The van der Waals surface area contributed by atoms with Crippen molar-refractivity contribution in [3.8, 4) is 0 Å². The number of hydrogen-bond acceptors (Lipinski definition) is 2. The highest BCUT2D eigenvalue weighted by Gasteiger charge is 2.04. The van der Waals surface area contributed by atoms with Gasteiger partial charge in [-0.3, -0.25) is 0 Å². The molecule has 0 atom stereocenters. The van der Waals surface area contributed by atoms with E-state index >= 15 is 0 Å². The molecule has 0 radical (unpaired) electrons. The fraction of sp³-hybridized carbons (Fsp3) is 0.0667. The number of anilines is 1. The van der Waals surface area contributed by atoms with Crippen molar-refractivity contribution in [2.75, 3.05) is 5.32 Å². The normalized spacial score (nSPS) is 10.7. The summed E-state index contributed by atoms with van der Waals surface area (Å²) in [5.74, 6) is 0. The molecule has 3 heteroatoms. The van der Waals surface area contributed by atoms with Crippen molar-refractivity contribution in [2.45, 2.75) is 6.54 Å². The molecule has 1 heterocycles. The second kappa shape index (κ2) is 4.75. The molecule has 18 heavy (non-hydrogen) atoms. The van der Waals surface area contributed by atoms with Crippen LogP contribution in [0.25, 0.3) is 11.0 Å². The number of hydrogen-bond donors (Lipinski definition) is 1. The van der Waals surface area contributed by atoms with Crippen molar-refractivity contribution < 1.29 is 4.42 Å². The summed E-state index contributed by atoms with van der Waals surface area (Å²) in [6, 6.07) is 15.7. The van der Waals surface area contributed by atoms with Crippen LogP contribution in [0.15, 0.2) is 59.2 Å². The number of para-hydroxylation sites is 1. The predicted molar refractivity (Wildman–Crippen MR) is 75.0 cm³/mol. The SMILES string of the molecule is Clc1cccc(NCc2coc3ccccc23)c1. The molecule has 0 fully saturated rings. The van der Waals surface area contributed by atoms with Crippen molar-refractivity contribution in [2.24, 2.45) is 0 Å². The summed E-state index contributed by atoms with van der Waals surface area (Å²) in [6.45, 7) is 0.720. The zero-order valence-corrected chi connectivity index (χ0v) is 10.4. The van der Waals surface area contributed by atoms with Gasteiger partial charge in [0.05, 0.1) is 6.26 Å². The first-order chi connectivity index (χ1) is 8.83. The molecule has 90 valence electrons. The molecule has 0 aliphatic rings. The van der Waals surface area contributed by atoms with Gasteiger partial charge in [0.25, 0.3) is 0 Å². The molecule has 1 aromatic heterocycles. The van der Waals surface area contributed by atoms with Crippen LogP contribution in [0.1, 0.15) is 5.56 Å². The van der Waals surface area contributed by atoms with Crippen LogP contribution in [-0.4, -0.2) is 0 Å². The maximum absolute atomic E-state index is 5.94. The lowest BCUT2D eigenvalue weighted by molar-refractivity contribution is 0.611. The number of rotatable bonds is 3. The largest absolute Gasteiger partial charge is 0.464 e. The van der Waals surface area contributed by atoms with Crippen LogP contribution < -0.4 is 5.32 Å². The Morgan fingerprint density at radius 1 is 1.06 bits per heavy atom. The summed E-state index contributed by atoms with van der Waals surface area (Å²) < 4.78 is 5.50. The molecular formula is C15H12ClNO. The molecule has 2 nitrogen and oxygen atoms in total. The van der Waals surface area contributed by atoms with Crippen molar-refractivity contribution in [3.05, 3.63) is 65.4 Å². The molecule has 3 aromatic rings. The van der Waals surface area contributed by atoms with Gasteiger partial charge < -0.3 is 9.73 Å². The highest BCUT2D eigenvalue weighted by molar-refractivity contribution is 6.30. The van der Waals surface area contributed by atoms with E-state index in [0.717, 1.165) is 33.8 Å². The van der Waals surface area contributed by atoms with Gasteiger partial charge in [-0.25, -0.2) is 0 Å². The topological polar surface area (TPSA) is 25.2 Å². The van der Waals surface area contributed by atoms with Crippen molar-refractivity contribution in [1.29, 1.82) is 0 Å². The minimum Gasteiger partial charge on any atom is -0.464 e. The minimum absolute atomic E-state index is 0.720. The highest BCUT2D eigenvalue weighted by Crippen LogP contribution is 2.22. The molecule has 0 bridgehead atoms. The summed E-state index contributed by atoms with van der Waals surface area (Å²) >= 11 is 5.94. The van der Waals surface area contributed by atoms with E-state index in [1.54, 1.807) is 6.26 Å². The van der Waals surface area contributed by atoms with Crippen LogP contribution in [0.2, 0.25) is 5.02 Å². The van der Waals surface area contributed by atoms with Crippen LogP contribution >= 0.6 is 11.6 Å². The van der Waals surface area contributed by atoms with E-state index in [0.29, 0.717) is 0 Å². The summed E-state index contributed by atoms with van der Waals surface area (Å²) in [6.07, 6.45) is 1.79. The molecule has 0 aliphatic heterocycles. The van der Waals surface area contributed by atoms with Gasteiger partial charge in [0, 0.05) is 28.2 Å². The van der Waals surface area contributed by atoms with Gasteiger partial charge in [0.1, 0.15) is 5.58 Å². The third-order valence-electron chi connectivity index (χ3n) is 2.87. The summed E-state index contributed by atoms with van der Waals surface area (Å²) in [5.41, 5.74) is 3.07. The van der Waals surface area contributed by atoms with Crippen LogP contribution in [0.3, 0.4) is 0 Å². The first-order valence-electron chi connectivity index (χ1n) is 5.77. The van der Waals surface area contributed by atoms with E-state index in [1.165, 1.54) is 0 Å². The lowest BCUT2D eigenvalue weighted by atomic mass is 10.2. The molecule has 0 spiro atoms. The van der Waals surface area contributed by atoms with Crippen LogP contribution in [0.5, 0.6) is 0 Å². The van der Waals surface area contributed by atoms with E-state index in [2.05, 4.69) is 11.4 Å². The standard InChI is InChI=1S/C15H12ClNO/c16-12-4-3-5-13(8-12)17-9-11-10-18-15-7-2-1-6-14(11)15/h1-8,10,17H,9H2. The van der Waals surface area contributed by atoms with Gasteiger partial charge in [0.15, 0.2) is 0 Å². The van der Waals surface area contributed by atoms with Crippen molar-refractivity contribution in [1.82, 2.24) is 0 Å². The second-order valence-corrected chi connectivity index (χ2v) is 4.56. The molecular weight excluding hydrogens is 246 g/mol. The van der Waals surface area contributed by atoms with Crippen molar-refractivity contribution >= 4 is 28.3 Å². The smallest absolute Gasteiger partial charge is 0.134 e. The Morgan fingerprint density at radius 2 is 1.94 bits per heavy atom. The zero-order valence-electron chi connectivity index (χ0n) is 9.69. The van der Waals surface area contributed by atoms with Gasteiger partial charge in [-0.15, -0.1) is 0 Å². The van der Waals surface area contributed by atoms with E-state index in [9.17, 15) is 0 Å². The van der Waals surface area contributed by atoms with E-state index in [1.807, 2.05) is 42.5 Å². The maximum Gasteiger partial charge on any atom is 0.134 e. The molecule has 3 rings (SSSR count). The Bertz CT molecular complexity index is 675. The Kier molecular flexibility index (Phi) is 2.95. The molecule has 0 saturated heterocycles. The average molecular weight is 258 g/mol. The summed E-state index contributed by atoms with van der Waals surface area (Å²) in [7, 11) is 0. The number of fused-ring (bicyclic) bond motifs is 1. The number of furan rings is 1. The van der Waals surface area contributed by atoms with Crippen molar-refractivity contribution in [3.63, 3.8) is 0 Å². The Morgan fingerprint density at radius 3 is 2.83 bits per heavy atom. The number of halogens is 1. The molecule has 1 N–H and O–H groups in total. The first-order valence-corrected chi connectivity index (χ1v) is 6.15. The summed E-state index contributed by atoms with van der Waals surface area (Å²) in [4.78, 5) is 0. The predicted octanol–water partition coefficient (Wildman–Crippen LogP) is 4.70. The number of nitrogens with one attached hydrogen (secondary N) is 1.